The molecule has 0 spiro atoms. The fourth-order valence-electron chi connectivity index (χ4n) is 1.85. The van der Waals surface area contributed by atoms with Crippen molar-refractivity contribution in [3.05, 3.63) is 21.9 Å². The van der Waals surface area contributed by atoms with Crippen LogP contribution in [0, 0.1) is 0 Å². The fourth-order valence-corrected chi connectivity index (χ4v) is 2.78. The molecule has 0 radical (unpaired) electrons. The standard InChI is InChI=1S/C14H24N2OS/c1-4-12-7-8-13(18-12)11-15-10-9-14(17)16(5-2)6-3/h7-8,15H,4-6,9-11H2,1-3H3. The van der Waals surface area contributed by atoms with Crippen LogP contribution in [0.5, 0.6) is 0 Å². The van der Waals surface area contributed by atoms with Crippen molar-refractivity contribution in [2.75, 3.05) is 19.6 Å². The molecular weight excluding hydrogens is 244 g/mol. The van der Waals surface area contributed by atoms with Gasteiger partial charge in [0.15, 0.2) is 0 Å². The van der Waals surface area contributed by atoms with Gasteiger partial charge in [-0.25, -0.2) is 0 Å². The van der Waals surface area contributed by atoms with E-state index in [1.807, 2.05) is 30.1 Å². The molecule has 1 aromatic rings. The Kier molecular flexibility index (Phi) is 6.98. The van der Waals surface area contributed by atoms with Gasteiger partial charge in [0.25, 0.3) is 0 Å². The number of thiophene rings is 1. The second kappa shape index (κ2) is 8.27. The summed E-state index contributed by atoms with van der Waals surface area (Å²) in [7, 11) is 0. The number of nitrogens with zero attached hydrogens (tertiary/aromatic N) is 1. The van der Waals surface area contributed by atoms with Crippen LogP contribution < -0.4 is 5.32 Å². The average molecular weight is 268 g/mol. The molecule has 0 aliphatic rings. The lowest BCUT2D eigenvalue weighted by atomic mass is 10.3. The predicted octanol–water partition coefficient (Wildman–Crippen LogP) is 2.66. The van der Waals surface area contributed by atoms with Crippen molar-refractivity contribution in [2.24, 2.45) is 0 Å². The van der Waals surface area contributed by atoms with E-state index < -0.39 is 0 Å². The summed E-state index contributed by atoms with van der Waals surface area (Å²) in [5.41, 5.74) is 0. The summed E-state index contributed by atoms with van der Waals surface area (Å²) in [6, 6.07) is 4.35. The third kappa shape index (κ3) is 4.78. The molecule has 0 unspecified atom stereocenters. The minimum absolute atomic E-state index is 0.243. The van der Waals surface area contributed by atoms with Gasteiger partial charge in [0.05, 0.1) is 0 Å². The first kappa shape index (κ1) is 15.2. The largest absolute Gasteiger partial charge is 0.343 e. The van der Waals surface area contributed by atoms with Crippen molar-refractivity contribution in [1.82, 2.24) is 10.2 Å². The molecule has 0 aliphatic heterocycles. The van der Waals surface area contributed by atoms with Gasteiger partial charge in [0.1, 0.15) is 0 Å². The zero-order valence-electron chi connectivity index (χ0n) is 11.7. The van der Waals surface area contributed by atoms with Crippen LogP contribution in [-0.2, 0) is 17.8 Å². The Morgan fingerprint density at radius 1 is 1.22 bits per heavy atom. The van der Waals surface area contributed by atoms with Crippen molar-refractivity contribution in [3.8, 4) is 0 Å². The Morgan fingerprint density at radius 3 is 2.44 bits per heavy atom. The van der Waals surface area contributed by atoms with E-state index in [2.05, 4.69) is 24.4 Å². The number of amides is 1. The van der Waals surface area contributed by atoms with Crippen LogP contribution in [0.1, 0.15) is 36.9 Å². The van der Waals surface area contributed by atoms with E-state index in [4.69, 9.17) is 0 Å². The van der Waals surface area contributed by atoms with Crippen molar-refractivity contribution >= 4 is 17.2 Å². The quantitative estimate of drug-likeness (QED) is 0.735. The molecule has 1 heterocycles. The molecule has 0 aromatic carbocycles. The molecule has 1 N–H and O–H groups in total. The molecule has 0 saturated carbocycles. The van der Waals surface area contributed by atoms with E-state index in [-0.39, 0.29) is 5.91 Å². The van der Waals surface area contributed by atoms with Gasteiger partial charge in [0.2, 0.25) is 5.91 Å². The molecular formula is C14H24N2OS. The topological polar surface area (TPSA) is 32.3 Å². The second-order valence-electron chi connectivity index (χ2n) is 4.21. The Hall–Kier alpha value is -0.870. The molecule has 1 aromatic heterocycles. The summed E-state index contributed by atoms with van der Waals surface area (Å²) in [4.78, 5) is 16.4. The number of hydrogen-bond donors (Lipinski definition) is 1. The van der Waals surface area contributed by atoms with Crippen molar-refractivity contribution in [2.45, 2.75) is 40.2 Å². The van der Waals surface area contributed by atoms with Gasteiger partial charge in [-0.1, -0.05) is 6.92 Å². The molecule has 1 amide bonds. The molecule has 1 rings (SSSR count). The lowest BCUT2D eigenvalue weighted by Crippen LogP contribution is -2.32. The number of hydrogen-bond acceptors (Lipinski definition) is 3. The third-order valence-electron chi connectivity index (χ3n) is 3.00. The normalized spacial score (nSPS) is 10.6. The smallest absolute Gasteiger partial charge is 0.223 e. The van der Waals surface area contributed by atoms with E-state index in [9.17, 15) is 4.79 Å². The molecule has 3 nitrogen and oxygen atoms in total. The van der Waals surface area contributed by atoms with Crippen molar-refractivity contribution < 1.29 is 4.79 Å². The first-order valence-electron chi connectivity index (χ1n) is 6.77. The van der Waals surface area contributed by atoms with E-state index in [0.717, 1.165) is 32.6 Å². The number of aryl methyl sites for hydroxylation is 1. The van der Waals surface area contributed by atoms with Crippen LogP contribution in [0.3, 0.4) is 0 Å². The van der Waals surface area contributed by atoms with E-state index in [1.54, 1.807) is 0 Å². The highest BCUT2D eigenvalue weighted by molar-refractivity contribution is 7.11. The molecule has 0 bridgehead atoms. The average Bonchev–Trinajstić information content (AvgIpc) is 2.84. The van der Waals surface area contributed by atoms with Crippen LogP contribution in [0.2, 0.25) is 0 Å². The van der Waals surface area contributed by atoms with Crippen molar-refractivity contribution in [1.29, 1.82) is 0 Å². The van der Waals surface area contributed by atoms with Crippen LogP contribution >= 0.6 is 11.3 Å². The third-order valence-corrected chi connectivity index (χ3v) is 4.23. The molecule has 18 heavy (non-hydrogen) atoms. The molecule has 4 heteroatoms. The van der Waals surface area contributed by atoms with E-state index >= 15 is 0 Å². The lowest BCUT2D eigenvalue weighted by molar-refractivity contribution is -0.130. The van der Waals surface area contributed by atoms with Gasteiger partial charge >= 0.3 is 0 Å². The summed E-state index contributed by atoms with van der Waals surface area (Å²) in [5, 5.41) is 3.34. The molecule has 0 atom stereocenters. The number of carbonyl (C=O) groups excluding carboxylic acids is 1. The molecule has 102 valence electrons. The van der Waals surface area contributed by atoms with Crippen LogP contribution in [0.4, 0.5) is 0 Å². The highest BCUT2D eigenvalue weighted by Crippen LogP contribution is 2.16. The Morgan fingerprint density at radius 2 is 1.89 bits per heavy atom. The Balaban J connectivity index is 2.20. The summed E-state index contributed by atoms with van der Waals surface area (Å²) >= 11 is 1.85. The van der Waals surface area contributed by atoms with E-state index in [1.165, 1.54) is 9.75 Å². The maximum Gasteiger partial charge on any atom is 0.223 e. The molecule has 0 fully saturated rings. The van der Waals surface area contributed by atoms with Crippen LogP contribution in [0.25, 0.3) is 0 Å². The van der Waals surface area contributed by atoms with Gasteiger partial charge in [-0.15, -0.1) is 11.3 Å². The lowest BCUT2D eigenvalue weighted by Gasteiger charge is -2.18. The van der Waals surface area contributed by atoms with Crippen LogP contribution in [-0.4, -0.2) is 30.4 Å². The minimum Gasteiger partial charge on any atom is -0.343 e. The summed E-state index contributed by atoms with van der Waals surface area (Å²) < 4.78 is 0. The maximum atomic E-state index is 11.8. The maximum absolute atomic E-state index is 11.8. The Labute approximate surface area is 114 Å². The number of nitrogens with one attached hydrogen (secondary N) is 1. The first-order chi connectivity index (χ1) is 8.71. The predicted molar refractivity (Wildman–Crippen MR) is 77.9 cm³/mol. The summed E-state index contributed by atoms with van der Waals surface area (Å²) in [6.07, 6.45) is 1.69. The minimum atomic E-state index is 0.243. The highest BCUT2D eigenvalue weighted by atomic mass is 32.1. The van der Waals surface area contributed by atoms with Gasteiger partial charge in [-0.2, -0.15) is 0 Å². The highest BCUT2D eigenvalue weighted by Gasteiger charge is 2.08. The number of carbonyl (C=O) groups is 1. The van der Waals surface area contributed by atoms with Gasteiger partial charge in [0, 0.05) is 42.4 Å². The summed E-state index contributed by atoms with van der Waals surface area (Å²) in [6.45, 7) is 9.45. The van der Waals surface area contributed by atoms with Gasteiger partial charge in [-0.3, -0.25) is 4.79 Å². The first-order valence-corrected chi connectivity index (χ1v) is 7.58. The van der Waals surface area contributed by atoms with Gasteiger partial charge < -0.3 is 10.2 Å². The monoisotopic (exact) mass is 268 g/mol. The zero-order chi connectivity index (χ0) is 13.4. The Bertz CT molecular complexity index is 358. The molecule has 0 saturated heterocycles. The molecule has 0 aliphatic carbocycles. The fraction of sp³-hybridized carbons (Fsp3) is 0.643. The van der Waals surface area contributed by atoms with Gasteiger partial charge in [-0.05, 0) is 32.4 Å². The second-order valence-corrected chi connectivity index (χ2v) is 5.47. The number of rotatable bonds is 8. The van der Waals surface area contributed by atoms with E-state index in [0.29, 0.717) is 6.42 Å². The zero-order valence-corrected chi connectivity index (χ0v) is 12.5. The SMILES string of the molecule is CCc1ccc(CNCCC(=O)N(CC)CC)s1. The van der Waals surface area contributed by atoms with Crippen molar-refractivity contribution in [3.63, 3.8) is 0 Å². The van der Waals surface area contributed by atoms with Crippen LogP contribution in [0.15, 0.2) is 12.1 Å². The summed E-state index contributed by atoms with van der Waals surface area (Å²) in [5.74, 6) is 0.243.